The van der Waals surface area contributed by atoms with E-state index in [0.717, 1.165) is 49.1 Å². The van der Waals surface area contributed by atoms with Crippen LogP contribution in [0.4, 0.5) is 4.39 Å². The second-order valence-electron chi connectivity index (χ2n) is 7.68. The molecule has 1 atom stereocenters. The number of nitrogens with zero attached hydrogens (tertiary/aromatic N) is 1. The summed E-state index contributed by atoms with van der Waals surface area (Å²) in [6.45, 7) is 7.27. The van der Waals surface area contributed by atoms with Gasteiger partial charge in [0.05, 0.1) is 18.2 Å². The van der Waals surface area contributed by atoms with Gasteiger partial charge in [0, 0.05) is 17.3 Å². The van der Waals surface area contributed by atoms with Gasteiger partial charge in [-0.3, -0.25) is 4.79 Å². The number of hydrazine groups is 1. The second-order valence-corrected chi connectivity index (χ2v) is 8.14. The average Bonchev–Trinajstić information content (AvgIpc) is 2.62. The minimum absolute atomic E-state index is 0.155. The third kappa shape index (κ3) is 4.41. The maximum atomic E-state index is 13.8. The van der Waals surface area contributed by atoms with Crippen LogP contribution in [-0.2, 0) is 4.79 Å². The Bertz CT molecular complexity index is 801. The Morgan fingerprint density at radius 3 is 2.71 bits per heavy atom. The smallest absolute Gasteiger partial charge is 0.253 e. The number of halogens is 2. The molecule has 1 amide bonds. The lowest BCUT2D eigenvalue weighted by atomic mass is 9.77. The van der Waals surface area contributed by atoms with Crippen molar-refractivity contribution in [2.24, 2.45) is 5.92 Å². The second kappa shape index (κ2) is 9.10. The van der Waals surface area contributed by atoms with Gasteiger partial charge in [-0.05, 0) is 62.3 Å². The first-order chi connectivity index (χ1) is 13.4. The van der Waals surface area contributed by atoms with E-state index in [-0.39, 0.29) is 17.8 Å². The maximum absolute atomic E-state index is 13.8. The van der Waals surface area contributed by atoms with Crippen molar-refractivity contribution < 1.29 is 9.18 Å². The molecule has 4 nitrogen and oxygen atoms in total. The van der Waals surface area contributed by atoms with Gasteiger partial charge < -0.3 is 10.3 Å². The molecule has 1 saturated carbocycles. The Morgan fingerprint density at radius 1 is 1.36 bits per heavy atom. The molecule has 0 aromatic heterocycles. The standard InChI is InChI=1S/C22H29ClFN3O/c1-4-11-25-27-13-19(23)14(2)20(15(27)3)22(28)26-21(16-7-5-8-16)17-9-6-10-18(24)12-17/h6,9-10,12,16,21,25H,4-5,7-8,11,13H2,1-3H3,(H,26,28). The fourth-order valence-electron chi connectivity index (χ4n) is 3.83. The fraction of sp³-hybridized carbons (Fsp3) is 0.500. The summed E-state index contributed by atoms with van der Waals surface area (Å²) in [6, 6.07) is 6.35. The molecule has 1 unspecified atom stereocenters. The average molecular weight is 406 g/mol. The molecular weight excluding hydrogens is 377 g/mol. The van der Waals surface area contributed by atoms with Crippen LogP contribution in [0, 0.1) is 11.7 Å². The van der Waals surface area contributed by atoms with Gasteiger partial charge in [0.15, 0.2) is 0 Å². The molecule has 1 aliphatic carbocycles. The Morgan fingerprint density at radius 2 is 2.11 bits per heavy atom. The molecule has 0 radical (unpaired) electrons. The number of hydrogen-bond donors (Lipinski definition) is 2. The number of hydrogen-bond acceptors (Lipinski definition) is 3. The van der Waals surface area contributed by atoms with Gasteiger partial charge in [-0.2, -0.15) is 0 Å². The van der Waals surface area contributed by atoms with Crippen molar-refractivity contribution in [2.75, 3.05) is 13.1 Å². The van der Waals surface area contributed by atoms with E-state index in [1.54, 1.807) is 6.07 Å². The zero-order valence-corrected chi connectivity index (χ0v) is 17.6. The molecule has 2 N–H and O–H groups in total. The van der Waals surface area contributed by atoms with Gasteiger partial charge >= 0.3 is 0 Å². The lowest BCUT2D eigenvalue weighted by Crippen LogP contribution is -2.44. The Hall–Kier alpha value is -1.85. The van der Waals surface area contributed by atoms with E-state index < -0.39 is 0 Å². The van der Waals surface area contributed by atoms with Gasteiger partial charge in [-0.1, -0.05) is 37.1 Å². The minimum Gasteiger partial charge on any atom is -0.345 e. The molecule has 1 heterocycles. The van der Waals surface area contributed by atoms with Crippen molar-refractivity contribution in [3.63, 3.8) is 0 Å². The molecule has 6 heteroatoms. The van der Waals surface area contributed by atoms with Crippen molar-refractivity contribution >= 4 is 17.5 Å². The fourth-order valence-corrected chi connectivity index (χ4v) is 4.05. The first kappa shape index (κ1) is 20.9. The first-order valence-electron chi connectivity index (χ1n) is 10.1. The normalized spacial score (nSPS) is 19.0. The topological polar surface area (TPSA) is 44.4 Å². The van der Waals surface area contributed by atoms with E-state index in [0.29, 0.717) is 23.1 Å². The molecule has 0 bridgehead atoms. The third-order valence-electron chi connectivity index (χ3n) is 5.74. The number of amides is 1. The molecule has 1 aliphatic heterocycles. The van der Waals surface area contributed by atoms with Gasteiger partial charge in [0.1, 0.15) is 5.82 Å². The molecule has 3 rings (SSSR count). The van der Waals surface area contributed by atoms with Crippen LogP contribution < -0.4 is 10.7 Å². The predicted molar refractivity (Wildman–Crippen MR) is 111 cm³/mol. The highest BCUT2D eigenvalue weighted by atomic mass is 35.5. The Labute approximate surface area is 171 Å². The summed E-state index contributed by atoms with van der Waals surface area (Å²) in [7, 11) is 0. The van der Waals surface area contributed by atoms with E-state index >= 15 is 0 Å². The van der Waals surface area contributed by atoms with Crippen LogP contribution in [0.15, 0.2) is 46.1 Å². The van der Waals surface area contributed by atoms with Crippen molar-refractivity contribution in [1.29, 1.82) is 0 Å². The van der Waals surface area contributed by atoms with Crippen LogP contribution in [0.3, 0.4) is 0 Å². The third-order valence-corrected chi connectivity index (χ3v) is 6.14. The molecular formula is C22H29ClFN3O. The zero-order chi connectivity index (χ0) is 20.3. The van der Waals surface area contributed by atoms with E-state index in [4.69, 9.17) is 11.6 Å². The highest BCUT2D eigenvalue weighted by Gasteiger charge is 2.33. The SMILES string of the molecule is CCCNN1CC(Cl)=C(C)C(C(=O)NC(c2cccc(F)c2)C2CCC2)=C1C. The van der Waals surface area contributed by atoms with Gasteiger partial charge in [-0.25, -0.2) is 9.82 Å². The van der Waals surface area contributed by atoms with Crippen molar-refractivity contribution in [3.8, 4) is 0 Å². The number of benzene rings is 1. The lowest BCUT2D eigenvalue weighted by molar-refractivity contribution is -0.118. The summed E-state index contributed by atoms with van der Waals surface area (Å²) in [4.78, 5) is 13.3. The lowest BCUT2D eigenvalue weighted by Gasteiger charge is -2.36. The minimum atomic E-state index is -0.279. The molecule has 28 heavy (non-hydrogen) atoms. The van der Waals surface area contributed by atoms with Crippen molar-refractivity contribution in [2.45, 2.75) is 52.5 Å². The molecule has 0 saturated heterocycles. The summed E-state index contributed by atoms with van der Waals surface area (Å²) >= 11 is 6.45. The number of carbonyl (C=O) groups is 1. The summed E-state index contributed by atoms with van der Waals surface area (Å²) in [5, 5.41) is 5.78. The van der Waals surface area contributed by atoms with E-state index in [2.05, 4.69) is 17.7 Å². The number of nitrogens with one attached hydrogen (secondary N) is 2. The Kier molecular flexibility index (Phi) is 6.78. The number of carbonyl (C=O) groups excluding carboxylic acids is 1. The molecule has 1 fully saturated rings. The van der Waals surface area contributed by atoms with Crippen LogP contribution >= 0.6 is 11.6 Å². The largest absolute Gasteiger partial charge is 0.345 e. The van der Waals surface area contributed by atoms with Crippen LogP contribution in [0.2, 0.25) is 0 Å². The van der Waals surface area contributed by atoms with E-state index in [1.165, 1.54) is 12.1 Å². The number of allylic oxidation sites excluding steroid dienone is 1. The van der Waals surface area contributed by atoms with E-state index in [9.17, 15) is 9.18 Å². The van der Waals surface area contributed by atoms with Crippen LogP contribution in [0.5, 0.6) is 0 Å². The predicted octanol–water partition coefficient (Wildman–Crippen LogP) is 4.80. The molecule has 1 aromatic carbocycles. The summed E-state index contributed by atoms with van der Waals surface area (Å²) in [5.74, 6) is -0.0974. The Balaban J connectivity index is 1.87. The van der Waals surface area contributed by atoms with Crippen molar-refractivity contribution in [1.82, 2.24) is 15.8 Å². The molecule has 0 spiro atoms. The van der Waals surface area contributed by atoms with Gasteiger partial charge in [0.25, 0.3) is 5.91 Å². The molecule has 152 valence electrons. The van der Waals surface area contributed by atoms with Gasteiger partial charge in [-0.15, -0.1) is 0 Å². The summed E-state index contributed by atoms with van der Waals surface area (Å²) in [5.41, 5.74) is 6.40. The molecule has 1 aromatic rings. The van der Waals surface area contributed by atoms with E-state index in [1.807, 2.05) is 24.9 Å². The monoisotopic (exact) mass is 405 g/mol. The quantitative estimate of drug-likeness (QED) is 0.684. The summed E-state index contributed by atoms with van der Waals surface area (Å²) < 4.78 is 13.8. The van der Waals surface area contributed by atoms with Crippen LogP contribution in [0.1, 0.15) is 58.1 Å². The van der Waals surface area contributed by atoms with Gasteiger partial charge in [0.2, 0.25) is 0 Å². The molecule has 2 aliphatic rings. The van der Waals surface area contributed by atoms with Crippen molar-refractivity contribution in [3.05, 3.63) is 57.5 Å². The van der Waals surface area contributed by atoms with Crippen LogP contribution in [-0.4, -0.2) is 24.0 Å². The maximum Gasteiger partial charge on any atom is 0.253 e. The highest BCUT2D eigenvalue weighted by Crippen LogP contribution is 2.38. The zero-order valence-electron chi connectivity index (χ0n) is 16.8. The van der Waals surface area contributed by atoms with Crippen LogP contribution in [0.25, 0.3) is 0 Å². The highest BCUT2D eigenvalue weighted by molar-refractivity contribution is 6.31. The first-order valence-corrected chi connectivity index (χ1v) is 10.4. The summed E-state index contributed by atoms with van der Waals surface area (Å²) in [6.07, 6.45) is 4.21. The number of rotatable bonds is 7.